The van der Waals surface area contributed by atoms with Crippen molar-refractivity contribution >= 4 is 33.5 Å². The van der Waals surface area contributed by atoms with Crippen molar-refractivity contribution in [2.45, 2.75) is 20.4 Å². The van der Waals surface area contributed by atoms with Crippen molar-refractivity contribution in [1.82, 2.24) is 19.7 Å². The smallest absolute Gasteiger partial charge is 0.272 e. The van der Waals surface area contributed by atoms with E-state index >= 15 is 0 Å². The maximum absolute atomic E-state index is 12.7. The van der Waals surface area contributed by atoms with Gasteiger partial charge in [0.1, 0.15) is 5.69 Å². The summed E-state index contributed by atoms with van der Waals surface area (Å²) in [6.45, 7) is 4.69. The molecule has 24 heavy (non-hydrogen) atoms. The minimum absolute atomic E-state index is 0.143. The minimum Gasteiger partial charge on any atom is -0.337 e. The highest BCUT2D eigenvalue weighted by atomic mass is 16.1. The number of para-hydroxylation sites is 1. The van der Waals surface area contributed by atoms with Crippen LogP contribution in [0.4, 0.5) is 5.69 Å². The summed E-state index contributed by atoms with van der Waals surface area (Å²) in [4.78, 5) is 17.0. The number of hydrogen-bond acceptors (Lipinski definition) is 3. The van der Waals surface area contributed by atoms with Gasteiger partial charge in [0.25, 0.3) is 5.91 Å². The highest BCUT2D eigenvalue weighted by Crippen LogP contribution is 2.22. The molecule has 120 valence electrons. The quantitative estimate of drug-likeness (QED) is 0.607. The number of hydrogen-bond donors (Lipinski definition) is 2. The zero-order valence-electron chi connectivity index (χ0n) is 13.5. The Morgan fingerprint density at radius 1 is 1.29 bits per heavy atom. The predicted octanol–water partition coefficient (Wildman–Crippen LogP) is 3.49. The van der Waals surface area contributed by atoms with Crippen LogP contribution in [0.1, 0.15) is 23.1 Å². The topological polar surface area (TPSA) is 75.6 Å². The lowest BCUT2D eigenvalue weighted by Gasteiger charge is -2.08. The van der Waals surface area contributed by atoms with Gasteiger partial charge < -0.3 is 9.88 Å². The molecule has 0 fully saturated rings. The van der Waals surface area contributed by atoms with E-state index in [-0.39, 0.29) is 5.91 Å². The summed E-state index contributed by atoms with van der Waals surface area (Å²) in [6.07, 6.45) is 1.62. The summed E-state index contributed by atoms with van der Waals surface area (Å²) >= 11 is 0. The van der Waals surface area contributed by atoms with Crippen molar-refractivity contribution in [2.75, 3.05) is 5.32 Å². The molecule has 0 unspecified atom stereocenters. The van der Waals surface area contributed by atoms with Gasteiger partial charge in [-0.25, -0.2) is 4.98 Å². The highest BCUT2D eigenvalue weighted by molar-refractivity contribution is 6.06. The Kier molecular flexibility index (Phi) is 3.30. The number of aromatic amines is 1. The standard InChI is InChI=1S/C18H17N5O/c1-3-23-15-7-5-4-6-12(15)8-16(23)18(24)20-13-9-14-11(2)21-22-17(14)19-10-13/h4-10H,3H2,1-2H3,(H,20,24)(H,19,21,22). The Labute approximate surface area is 138 Å². The number of pyridine rings is 1. The first-order chi connectivity index (χ1) is 11.7. The fraction of sp³-hybridized carbons (Fsp3) is 0.167. The van der Waals surface area contributed by atoms with Crippen LogP contribution in [-0.2, 0) is 6.54 Å². The van der Waals surface area contributed by atoms with Crippen molar-refractivity contribution in [2.24, 2.45) is 0 Å². The number of nitrogens with one attached hydrogen (secondary N) is 2. The molecule has 0 aliphatic heterocycles. The van der Waals surface area contributed by atoms with Crippen LogP contribution in [0.3, 0.4) is 0 Å². The van der Waals surface area contributed by atoms with Gasteiger partial charge >= 0.3 is 0 Å². The number of rotatable bonds is 3. The van der Waals surface area contributed by atoms with E-state index in [0.29, 0.717) is 17.0 Å². The molecule has 6 heteroatoms. The van der Waals surface area contributed by atoms with Gasteiger partial charge in [-0.2, -0.15) is 5.10 Å². The average Bonchev–Trinajstić information content (AvgIpc) is 3.15. The molecule has 0 saturated heterocycles. The lowest BCUT2D eigenvalue weighted by Crippen LogP contribution is -2.16. The van der Waals surface area contributed by atoms with Gasteiger partial charge in [0.2, 0.25) is 0 Å². The number of H-pyrrole nitrogens is 1. The molecule has 0 atom stereocenters. The largest absolute Gasteiger partial charge is 0.337 e. The number of carbonyl (C=O) groups is 1. The zero-order valence-corrected chi connectivity index (χ0v) is 13.5. The van der Waals surface area contributed by atoms with Gasteiger partial charge in [-0.15, -0.1) is 0 Å². The zero-order chi connectivity index (χ0) is 16.7. The minimum atomic E-state index is -0.143. The van der Waals surface area contributed by atoms with E-state index in [2.05, 4.69) is 20.5 Å². The van der Waals surface area contributed by atoms with Crippen LogP contribution < -0.4 is 5.32 Å². The lowest BCUT2D eigenvalue weighted by molar-refractivity contribution is 0.101. The molecule has 0 radical (unpaired) electrons. The van der Waals surface area contributed by atoms with E-state index in [0.717, 1.165) is 28.5 Å². The van der Waals surface area contributed by atoms with Crippen LogP contribution in [0, 0.1) is 6.92 Å². The lowest BCUT2D eigenvalue weighted by atomic mass is 10.2. The summed E-state index contributed by atoms with van der Waals surface area (Å²) in [5.74, 6) is -0.143. The first-order valence-corrected chi connectivity index (χ1v) is 7.87. The molecular weight excluding hydrogens is 302 g/mol. The molecule has 3 heterocycles. The normalized spacial score (nSPS) is 11.2. The number of nitrogens with zero attached hydrogens (tertiary/aromatic N) is 3. The van der Waals surface area contributed by atoms with E-state index in [1.54, 1.807) is 6.20 Å². The molecule has 0 aliphatic rings. The molecule has 1 aromatic carbocycles. The van der Waals surface area contributed by atoms with Crippen molar-refractivity contribution in [3.8, 4) is 0 Å². The second-order valence-corrected chi connectivity index (χ2v) is 5.73. The van der Waals surface area contributed by atoms with Crippen molar-refractivity contribution in [1.29, 1.82) is 0 Å². The summed E-state index contributed by atoms with van der Waals surface area (Å²) < 4.78 is 2.01. The molecule has 1 amide bonds. The van der Waals surface area contributed by atoms with Crippen molar-refractivity contribution in [3.05, 3.63) is 54.0 Å². The number of fused-ring (bicyclic) bond motifs is 2. The first kappa shape index (κ1) is 14.4. The molecule has 6 nitrogen and oxygen atoms in total. The third-order valence-corrected chi connectivity index (χ3v) is 4.22. The van der Waals surface area contributed by atoms with Gasteiger partial charge in [0.15, 0.2) is 5.65 Å². The predicted molar refractivity (Wildman–Crippen MR) is 94.2 cm³/mol. The van der Waals surface area contributed by atoms with Crippen LogP contribution in [0.15, 0.2) is 42.6 Å². The van der Waals surface area contributed by atoms with Crippen molar-refractivity contribution in [3.63, 3.8) is 0 Å². The fourth-order valence-electron chi connectivity index (χ4n) is 3.02. The number of amides is 1. The van der Waals surface area contributed by atoms with Gasteiger partial charge in [-0.3, -0.25) is 9.89 Å². The van der Waals surface area contributed by atoms with E-state index < -0.39 is 0 Å². The molecule has 0 saturated carbocycles. The van der Waals surface area contributed by atoms with Crippen LogP contribution >= 0.6 is 0 Å². The van der Waals surface area contributed by atoms with E-state index in [4.69, 9.17) is 0 Å². The van der Waals surface area contributed by atoms with E-state index in [1.807, 2.05) is 54.8 Å². The second-order valence-electron chi connectivity index (χ2n) is 5.73. The Hall–Kier alpha value is -3.15. The van der Waals surface area contributed by atoms with Gasteiger partial charge in [-0.1, -0.05) is 18.2 Å². The fourth-order valence-corrected chi connectivity index (χ4v) is 3.02. The molecule has 2 N–H and O–H groups in total. The van der Waals surface area contributed by atoms with Gasteiger partial charge in [-0.05, 0) is 32.0 Å². The van der Waals surface area contributed by atoms with E-state index in [1.165, 1.54) is 0 Å². The molecule has 4 aromatic rings. The highest BCUT2D eigenvalue weighted by Gasteiger charge is 2.15. The number of benzene rings is 1. The molecule has 0 spiro atoms. The van der Waals surface area contributed by atoms with Crippen molar-refractivity contribution < 1.29 is 4.79 Å². The Morgan fingerprint density at radius 3 is 2.96 bits per heavy atom. The number of anilines is 1. The first-order valence-electron chi connectivity index (χ1n) is 7.87. The SMILES string of the molecule is CCn1c(C(=O)Nc2cnc3n[nH]c(C)c3c2)cc2ccccc21. The Balaban J connectivity index is 1.71. The molecule has 4 rings (SSSR count). The third-order valence-electron chi connectivity index (χ3n) is 4.22. The average molecular weight is 319 g/mol. The molecule has 3 aromatic heterocycles. The van der Waals surface area contributed by atoms with Gasteiger partial charge in [0.05, 0.1) is 11.9 Å². The van der Waals surface area contributed by atoms with E-state index in [9.17, 15) is 4.79 Å². The number of carbonyl (C=O) groups excluding carboxylic acids is 1. The van der Waals surface area contributed by atoms with Crippen LogP contribution in [0.2, 0.25) is 0 Å². The Bertz CT molecular complexity index is 1060. The summed E-state index contributed by atoms with van der Waals surface area (Å²) in [6, 6.07) is 11.8. The number of aryl methyl sites for hydroxylation is 2. The maximum atomic E-state index is 12.7. The van der Waals surface area contributed by atoms with Gasteiger partial charge in [0, 0.05) is 28.5 Å². The number of aromatic nitrogens is 4. The second kappa shape index (κ2) is 5.49. The summed E-state index contributed by atoms with van der Waals surface area (Å²) in [7, 11) is 0. The van der Waals surface area contributed by atoms with Crippen LogP contribution in [-0.4, -0.2) is 25.7 Å². The molecule has 0 bridgehead atoms. The Morgan fingerprint density at radius 2 is 2.12 bits per heavy atom. The van der Waals surface area contributed by atoms with Crippen LogP contribution in [0.25, 0.3) is 21.9 Å². The third kappa shape index (κ3) is 2.23. The molecular formula is C18H17N5O. The molecule has 0 aliphatic carbocycles. The maximum Gasteiger partial charge on any atom is 0.272 e. The monoisotopic (exact) mass is 319 g/mol. The summed E-state index contributed by atoms with van der Waals surface area (Å²) in [5, 5.41) is 11.9. The van der Waals surface area contributed by atoms with Crippen LogP contribution in [0.5, 0.6) is 0 Å². The summed E-state index contributed by atoms with van der Waals surface area (Å²) in [5.41, 5.74) is 3.93.